The number of hydrogen-bond donors (Lipinski definition) is 1. The molecule has 186 valence electrons. The molecule has 2 saturated heterocycles. The van der Waals surface area contributed by atoms with E-state index in [-0.39, 0.29) is 17.7 Å². The van der Waals surface area contributed by atoms with Crippen LogP contribution in [0.5, 0.6) is 0 Å². The van der Waals surface area contributed by atoms with E-state index >= 15 is 0 Å². The molecule has 0 spiro atoms. The van der Waals surface area contributed by atoms with Crippen LogP contribution in [0.15, 0.2) is 47.4 Å². The Kier molecular flexibility index (Phi) is 6.93. The number of carbonyl (C=O) groups is 2. The number of amides is 2. The first kappa shape index (κ1) is 24.0. The Morgan fingerprint density at radius 3 is 2.26 bits per heavy atom. The van der Waals surface area contributed by atoms with E-state index in [0.29, 0.717) is 42.1 Å². The first-order valence-corrected chi connectivity index (χ1v) is 14.2. The van der Waals surface area contributed by atoms with E-state index in [1.54, 1.807) is 18.2 Å². The van der Waals surface area contributed by atoms with Gasteiger partial charge in [-0.2, -0.15) is 4.31 Å². The predicted molar refractivity (Wildman–Crippen MR) is 135 cm³/mol. The van der Waals surface area contributed by atoms with Gasteiger partial charge in [-0.3, -0.25) is 9.59 Å². The van der Waals surface area contributed by atoms with E-state index in [1.165, 1.54) is 9.87 Å². The molecule has 8 heteroatoms. The SMILES string of the molecule is O=C(Nc1ccccc1C(=O)N1CCCC1)C1CCN(S(=O)(=O)c2ccc3c(c2)CCCC3)CC1. The lowest BCUT2D eigenvalue weighted by atomic mass is 9.92. The maximum atomic E-state index is 13.3. The minimum Gasteiger partial charge on any atom is -0.339 e. The summed E-state index contributed by atoms with van der Waals surface area (Å²) in [4.78, 5) is 28.1. The predicted octanol–water partition coefficient (Wildman–Crippen LogP) is 3.84. The molecule has 1 aliphatic carbocycles. The smallest absolute Gasteiger partial charge is 0.255 e. The molecule has 2 fully saturated rings. The number of benzene rings is 2. The molecule has 2 heterocycles. The van der Waals surface area contributed by atoms with Gasteiger partial charge in [-0.05, 0) is 86.8 Å². The molecular formula is C27H33N3O4S. The van der Waals surface area contributed by atoms with Gasteiger partial charge in [-0.1, -0.05) is 18.2 Å². The lowest BCUT2D eigenvalue weighted by Gasteiger charge is -2.31. The minimum atomic E-state index is -3.58. The van der Waals surface area contributed by atoms with Crippen molar-refractivity contribution >= 4 is 27.5 Å². The summed E-state index contributed by atoms with van der Waals surface area (Å²) in [6.45, 7) is 2.12. The number of likely N-dealkylation sites (tertiary alicyclic amines) is 1. The number of fused-ring (bicyclic) bond motifs is 1. The maximum absolute atomic E-state index is 13.3. The van der Waals surface area contributed by atoms with Crippen LogP contribution in [0.2, 0.25) is 0 Å². The standard InChI is InChI=1S/C27H33N3O4S/c31-26(28-25-10-4-3-9-24(25)27(32)29-15-5-6-16-29)21-13-17-30(18-14-21)35(33,34)23-12-11-20-7-1-2-8-22(20)19-23/h3-4,9-12,19,21H,1-2,5-8,13-18H2,(H,28,31). The van der Waals surface area contributed by atoms with Crippen molar-refractivity contribution < 1.29 is 18.0 Å². The van der Waals surface area contributed by atoms with Crippen LogP contribution in [0.25, 0.3) is 0 Å². The molecule has 7 nitrogen and oxygen atoms in total. The Morgan fingerprint density at radius 1 is 0.829 bits per heavy atom. The van der Waals surface area contributed by atoms with Crippen LogP contribution >= 0.6 is 0 Å². The van der Waals surface area contributed by atoms with E-state index in [1.807, 2.05) is 29.2 Å². The molecule has 2 aromatic rings. The average Bonchev–Trinajstić information content (AvgIpc) is 3.43. The molecule has 0 bridgehead atoms. The number of nitrogens with one attached hydrogen (secondary N) is 1. The number of aryl methyl sites for hydroxylation is 2. The first-order valence-electron chi connectivity index (χ1n) is 12.7. The van der Waals surface area contributed by atoms with Gasteiger partial charge in [0.2, 0.25) is 15.9 Å². The van der Waals surface area contributed by atoms with Crippen LogP contribution in [0, 0.1) is 5.92 Å². The van der Waals surface area contributed by atoms with Gasteiger partial charge in [0, 0.05) is 32.1 Å². The maximum Gasteiger partial charge on any atom is 0.255 e. The summed E-state index contributed by atoms with van der Waals surface area (Å²) in [5.41, 5.74) is 3.44. The quantitative estimate of drug-likeness (QED) is 0.683. The Labute approximate surface area is 207 Å². The van der Waals surface area contributed by atoms with Crippen molar-refractivity contribution in [2.45, 2.75) is 56.3 Å². The molecule has 1 N–H and O–H groups in total. The van der Waals surface area contributed by atoms with Gasteiger partial charge in [0.05, 0.1) is 16.1 Å². The summed E-state index contributed by atoms with van der Waals surface area (Å²) in [5, 5.41) is 2.95. The van der Waals surface area contributed by atoms with Gasteiger partial charge in [0.15, 0.2) is 0 Å². The van der Waals surface area contributed by atoms with E-state index in [2.05, 4.69) is 5.32 Å². The minimum absolute atomic E-state index is 0.0515. The van der Waals surface area contributed by atoms with Gasteiger partial charge in [-0.25, -0.2) is 8.42 Å². The highest BCUT2D eigenvalue weighted by Gasteiger charge is 2.33. The Bertz CT molecular complexity index is 1210. The van der Waals surface area contributed by atoms with Crippen molar-refractivity contribution in [3.63, 3.8) is 0 Å². The monoisotopic (exact) mass is 495 g/mol. The lowest BCUT2D eigenvalue weighted by molar-refractivity contribution is -0.120. The number of sulfonamides is 1. The number of carbonyl (C=O) groups excluding carboxylic acids is 2. The molecule has 5 rings (SSSR count). The van der Waals surface area contributed by atoms with Gasteiger partial charge < -0.3 is 10.2 Å². The second-order valence-electron chi connectivity index (χ2n) is 9.85. The highest BCUT2D eigenvalue weighted by Crippen LogP contribution is 2.29. The summed E-state index contributed by atoms with van der Waals surface area (Å²) in [6.07, 6.45) is 7.14. The third-order valence-corrected chi connectivity index (χ3v) is 9.49. The second kappa shape index (κ2) is 10.1. The zero-order chi connectivity index (χ0) is 24.4. The van der Waals surface area contributed by atoms with Crippen molar-refractivity contribution in [1.29, 1.82) is 0 Å². The molecule has 0 unspecified atom stereocenters. The molecule has 0 atom stereocenters. The number of piperidine rings is 1. The van der Waals surface area contributed by atoms with Gasteiger partial charge in [0.25, 0.3) is 5.91 Å². The summed E-state index contributed by atoms with van der Waals surface area (Å²) in [5.74, 6) is -0.498. The van der Waals surface area contributed by atoms with Crippen molar-refractivity contribution in [1.82, 2.24) is 9.21 Å². The molecule has 0 aromatic heterocycles. The number of hydrogen-bond acceptors (Lipinski definition) is 4. The van der Waals surface area contributed by atoms with Crippen LogP contribution in [0.3, 0.4) is 0 Å². The zero-order valence-corrected chi connectivity index (χ0v) is 20.9. The zero-order valence-electron chi connectivity index (χ0n) is 20.0. The van der Waals surface area contributed by atoms with Crippen LogP contribution in [-0.2, 0) is 27.7 Å². The topological polar surface area (TPSA) is 86.8 Å². The number of para-hydroxylation sites is 1. The molecule has 2 amide bonds. The lowest BCUT2D eigenvalue weighted by Crippen LogP contribution is -2.41. The van der Waals surface area contributed by atoms with Crippen LogP contribution in [0.1, 0.15) is 60.0 Å². The molecule has 2 aliphatic heterocycles. The van der Waals surface area contributed by atoms with Gasteiger partial charge in [0.1, 0.15) is 0 Å². The third-order valence-electron chi connectivity index (χ3n) is 7.59. The summed E-state index contributed by atoms with van der Waals surface area (Å²) in [6, 6.07) is 12.7. The number of rotatable bonds is 5. The average molecular weight is 496 g/mol. The molecule has 3 aliphatic rings. The van der Waals surface area contributed by atoms with Crippen molar-refractivity contribution in [2.24, 2.45) is 5.92 Å². The normalized spacial score (nSPS) is 19.4. The Balaban J connectivity index is 1.22. The Hall–Kier alpha value is -2.71. The number of anilines is 1. The fraction of sp³-hybridized carbons (Fsp3) is 0.481. The van der Waals surface area contributed by atoms with Crippen LogP contribution in [-0.4, -0.2) is 55.6 Å². The molecular weight excluding hydrogens is 462 g/mol. The van der Waals surface area contributed by atoms with Crippen LogP contribution < -0.4 is 5.32 Å². The van der Waals surface area contributed by atoms with E-state index in [9.17, 15) is 18.0 Å². The first-order chi connectivity index (χ1) is 16.9. The van der Waals surface area contributed by atoms with Crippen molar-refractivity contribution in [3.8, 4) is 0 Å². The largest absolute Gasteiger partial charge is 0.339 e. The van der Waals surface area contributed by atoms with E-state index < -0.39 is 10.0 Å². The summed E-state index contributed by atoms with van der Waals surface area (Å²) in [7, 11) is -3.58. The summed E-state index contributed by atoms with van der Waals surface area (Å²) >= 11 is 0. The highest BCUT2D eigenvalue weighted by atomic mass is 32.2. The van der Waals surface area contributed by atoms with E-state index in [4.69, 9.17) is 0 Å². The fourth-order valence-electron chi connectivity index (χ4n) is 5.48. The Morgan fingerprint density at radius 2 is 1.51 bits per heavy atom. The van der Waals surface area contributed by atoms with E-state index in [0.717, 1.165) is 57.2 Å². The van der Waals surface area contributed by atoms with Crippen LogP contribution in [0.4, 0.5) is 5.69 Å². The molecule has 0 radical (unpaired) electrons. The molecule has 2 aromatic carbocycles. The van der Waals surface area contributed by atoms with Crippen molar-refractivity contribution in [3.05, 3.63) is 59.2 Å². The number of nitrogens with zero attached hydrogens (tertiary/aromatic N) is 2. The fourth-order valence-corrected chi connectivity index (χ4v) is 7.00. The van der Waals surface area contributed by atoms with Gasteiger partial charge in [-0.15, -0.1) is 0 Å². The molecule has 0 saturated carbocycles. The van der Waals surface area contributed by atoms with Crippen molar-refractivity contribution in [2.75, 3.05) is 31.5 Å². The second-order valence-corrected chi connectivity index (χ2v) is 11.8. The highest BCUT2D eigenvalue weighted by molar-refractivity contribution is 7.89. The van der Waals surface area contributed by atoms with Gasteiger partial charge >= 0.3 is 0 Å². The summed E-state index contributed by atoms with van der Waals surface area (Å²) < 4.78 is 28.0. The third kappa shape index (κ3) is 5.00. The molecule has 35 heavy (non-hydrogen) atoms.